The van der Waals surface area contributed by atoms with Gasteiger partial charge in [-0.1, -0.05) is 0 Å². The average molecular weight is 153 g/mol. The van der Waals surface area contributed by atoms with Crippen LogP contribution >= 0.6 is 0 Å². The molecule has 5 heavy (non-hydrogen) atoms. The first kappa shape index (κ1) is 9.27. The first-order valence-electron chi connectivity index (χ1n) is 0.775. The van der Waals surface area contributed by atoms with Crippen LogP contribution in [0, 0.1) is 0 Å². The Morgan fingerprint density at radius 3 is 1.00 bits per heavy atom. The third kappa shape index (κ3) is 56.3. The number of hydrogen-bond donors (Lipinski definition) is 3. The van der Waals surface area contributed by atoms with Gasteiger partial charge in [-0.25, -0.2) is 0 Å². The summed E-state index contributed by atoms with van der Waals surface area (Å²) < 4.78 is 0. The SMILES string of the molecule is OB(O)O.[Zr]. The summed E-state index contributed by atoms with van der Waals surface area (Å²) in [6.45, 7) is 0. The zero-order valence-electron chi connectivity index (χ0n) is 2.42. The van der Waals surface area contributed by atoms with E-state index < -0.39 is 7.32 Å². The van der Waals surface area contributed by atoms with Crippen LogP contribution in [0.15, 0.2) is 0 Å². The zero-order chi connectivity index (χ0) is 3.58. The number of hydrogen-bond acceptors (Lipinski definition) is 3. The van der Waals surface area contributed by atoms with Gasteiger partial charge in [0.2, 0.25) is 0 Å². The van der Waals surface area contributed by atoms with Crippen LogP contribution < -0.4 is 0 Å². The van der Waals surface area contributed by atoms with E-state index in [1.165, 1.54) is 0 Å². The Bertz CT molecular complexity index is 11.6. The Kier molecular flexibility index (Phi) is 8.95. The molecule has 0 amide bonds. The Morgan fingerprint density at radius 1 is 1.00 bits per heavy atom. The minimum atomic E-state index is -2.17. The topological polar surface area (TPSA) is 60.7 Å². The first-order valence-corrected chi connectivity index (χ1v) is 0.775. The molecule has 0 aromatic rings. The molecule has 0 atom stereocenters. The van der Waals surface area contributed by atoms with Crippen LogP contribution in [-0.4, -0.2) is 22.4 Å². The first-order chi connectivity index (χ1) is 1.73. The monoisotopic (exact) mass is 152 g/mol. The van der Waals surface area contributed by atoms with E-state index >= 15 is 0 Å². The average Bonchev–Trinajstić information content (AvgIpc) is 0.811. The van der Waals surface area contributed by atoms with Crippen molar-refractivity contribution < 1.29 is 41.3 Å². The minimum absolute atomic E-state index is 0. The van der Waals surface area contributed by atoms with Gasteiger partial charge in [-0.05, 0) is 0 Å². The van der Waals surface area contributed by atoms with Crippen LogP contribution in [0.1, 0.15) is 0 Å². The molecule has 0 heterocycles. The minimum Gasteiger partial charge on any atom is -0.402 e. The molecule has 0 saturated heterocycles. The second kappa shape index (κ2) is 4.83. The quantitative estimate of drug-likeness (QED) is 0.351. The molecule has 3 nitrogen and oxygen atoms in total. The summed E-state index contributed by atoms with van der Waals surface area (Å²) in [6.07, 6.45) is 0. The van der Waals surface area contributed by atoms with E-state index in [1.54, 1.807) is 0 Å². The summed E-state index contributed by atoms with van der Waals surface area (Å²) in [5.74, 6) is 0. The molecular formula is H3BO3Zr. The van der Waals surface area contributed by atoms with Crippen molar-refractivity contribution >= 4 is 7.32 Å². The predicted molar refractivity (Wildman–Crippen MR) is 12.4 cm³/mol. The summed E-state index contributed by atoms with van der Waals surface area (Å²) in [6, 6.07) is 0. The van der Waals surface area contributed by atoms with Gasteiger partial charge in [-0.3, -0.25) is 0 Å². The summed E-state index contributed by atoms with van der Waals surface area (Å²) in [5.41, 5.74) is 0. The van der Waals surface area contributed by atoms with E-state index in [0.717, 1.165) is 0 Å². The smallest absolute Gasteiger partial charge is 0.402 e. The fourth-order valence-electron chi connectivity index (χ4n) is 0. The van der Waals surface area contributed by atoms with Gasteiger partial charge in [0, 0.05) is 26.2 Å². The fraction of sp³-hybridized carbons (Fsp3) is 0. The molecule has 0 unspecified atom stereocenters. The van der Waals surface area contributed by atoms with Crippen molar-refractivity contribution in [3.63, 3.8) is 0 Å². The summed E-state index contributed by atoms with van der Waals surface area (Å²) in [5, 5.41) is 21.5. The van der Waals surface area contributed by atoms with Crippen molar-refractivity contribution in [2.24, 2.45) is 0 Å². The van der Waals surface area contributed by atoms with Crippen LogP contribution in [0.2, 0.25) is 0 Å². The van der Waals surface area contributed by atoms with Crippen LogP contribution in [0.3, 0.4) is 0 Å². The normalized spacial score (nSPS) is 5.40. The molecule has 0 radical (unpaired) electrons. The molecule has 0 aliphatic heterocycles. The van der Waals surface area contributed by atoms with E-state index in [4.69, 9.17) is 15.1 Å². The molecule has 28 valence electrons. The van der Waals surface area contributed by atoms with Gasteiger partial charge in [-0.2, -0.15) is 0 Å². The summed E-state index contributed by atoms with van der Waals surface area (Å²) in [7, 11) is -2.17. The molecule has 0 fully saturated rings. The Hall–Kier alpha value is 0.828. The third-order valence-electron chi connectivity index (χ3n) is 0. The van der Waals surface area contributed by atoms with Crippen molar-refractivity contribution in [3.8, 4) is 0 Å². The maximum atomic E-state index is 7.17. The fourth-order valence-corrected chi connectivity index (χ4v) is 0. The van der Waals surface area contributed by atoms with Crippen molar-refractivity contribution in [1.29, 1.82) is 0 Å². The second-order valence-electron chi connectivity index (χ2n) is 0.346. The molecule has 0 aromatic carbocycles. The maximum absolute atomic E-state index is 7.17. The van der Waals surface area contributed by atoms with Gasteiger partial charge in [0.15, 0.2) is 0 Å². The Labute approximate surface area is 48.9 Å². The van der Waals surface area contributed by atoms with E-state index in [9.17, 15) is 0 Å². The standard InChI is InChI=1S/BH3O3.Zr/c2-1(3)4;/h2-4H;. The molecule has 3 N–H and O–H groups in total. The second-order valence-corrected chi connectivity index (χ2v) is 0.346. The van der Waals surface area contributed by atoms with Gasteiger partial charge < -0.3 is 15.1 Å². The molecule has 0 aliphatic rings. The zero-order valence-corrected chi connectivity index (χ0v) is 4.88. The van der Waals surface area contributed by atoms with Crippen LogP contribution in [-0.2, 0) is 26.2 Å². The Balaban J connectivity index is 0. The van der Waals surface area contributed by atoms with E-state index in [1.807, 2.05) is 0 Å². The largest absolute Gasteiger partial charge is 0.631 e. The summed E-state index contributed by atoms with van der Waals surface area (Å²) in [4.78, 5) is 0. The molecule has 5 heteroatoms. The van der Waals surface area contributed by atoms with Gasteiger partial charge in [0.05, 0.1) is 0 Å². The van der Waals surface area contributed by atoms with Gasteiger partial charge in [0.1, 0.15) is 0 Å². The van der Waals surface area contributed by atoms with Crippen molar-refractivity contribution in [2.75, 3.05) is 0 Å². The number of rotatable bonds is 0. The van der Waals surface area contributed by atoms with Gasteiger partial charge in [0.25, 0.3) is 0 Å². The third-order valence-corrected chi connectivity index (χ3v) is 0. The summed E-state index contributed by atoms with van der Waals surface area (Å²) >= 11 is 0. The molecule has 0 spiro atoms. The molecular weight excluding hydrogens is 150 g/mol. The maximum Gasteiger partial charge on any atom is 0.631 e. The van der Waals surface area contributed by atoms with Gasteiger partial charge in [-0.15, -0.1) is 0 Å². The Morgan fingerprint density at radius 2 is 1.00 bits per heavy atom. The van der Waals surface area contributed by atoms with Crippen molar-refractivity contribution in [2.45, 2.75) is 0 Å². The van der Waals surface area contributed by atoms with Crippen molar-refractivity contribution in [3.05, 3.63) is 0 Å². The van der Waals surface area contributed by atoms with E-state index in [-0.39, 0.29) is 26.2 Å². The molecule has 0 aliphatic carbocycles. The van der Waals surface area contributed by atoms with E-state index in [0.29, 0.717) is 0 Å². The van der Waals surface area contributed by atoms with Crippen LogP contribution in [0.5, 0.6) is 0 Å². The molecule has 0 bridgehead atoms. The molecule has 0 saturated carbocycles. The van der Waals surface area contributed by atoms with E-state index in [2.05, 4.69) is 0 Å². The van der Waals surface area contributed by atoms with Crippen molar-refractivity contribution in [1.82, 2.24) is 0 Å². The van der Waals surface area contributed by atoms with Gasteiger partial charge >= 0.3 is 7.32 Å². The van der Waals surface area contributed by atoms with Crippen LogP contribution in [0.4, 0.5) is 0 Å². The van der Waals surface area contributed by atoms with Crippen LogP contribution in [0.25, 0.3) is 0 Å². The molecule has 0 rings (SSSR count). The molecule has 0 aromatic heterocycles. The predicted octanol–water partition coefficient (Wildman–Crippen LogP) is -2.05.